The van der Waals surface area contributed by atoms with Crippen LogP contribution in [-0.4, -0.2) is 11.0 Å². The molecule has 0 spiro atoms. The highest BCUT2D eigenvalue weighted by molar-refractivity contribution is 7.99. The Morgan fingerprint density at radius 3 is 1.49 bits per heavy atom. The Labute approximate surface area is 266 Å². The van der Waals surface area contributed by atoms with Crippen molar-refractivity contribution < 1.29 is 51.8 Å². The number of nitro benzene ring substituents is 1. The number of rotatable bonds is 7. The van der Waals surface area contributed by atoms with Crippen molar-refractivity contribution in [3.8, 4) is 0 Å². The van der Waals surface area contributed by atoms with Gasteiger partial charge < -0.3 is 5.32 Å². The van der Waals surface area contributed by atoms with Gasteiger partial charge in [-0.3, -0.25) is 15.4 Å². The molecule has 0 aliphatic carbocycles. The van der Waals surface area contributed by atoms with E-state index in [2.05, 4.69) is 10.6 Å². The molecule has 17 heteroatoms. The van der Waals surface area contributed by atoms with E-state index in [1.807, 2.05) is 91.0 Å². The number of alkyl halides is 3. The highest BCUT2D eigenvalue weighted by Crippen LogP contribution is 2.63. The number of amides is 2. The first-order valence-corrected chi connectivity index (χ1v) is 16.0. The van der Waals surface area contributed by atoms with Crippen molar-refractivity contribution in [3.63, 3.8) is 0 Å². The number of carbonyl (C=O) groups excluding carboxylic acids is 1. The van der Waals surface area contributed by atoms with Crippen LogP contribution in [0.3, 0.4) is 0 Å². The molecule has 4 aromatic carbocycles. The third kappa shape index (κ3) is 9.36. The number of urea groups is 1. The van der Waals surface area contributed by atoms with E-state index in [0.717, 1.165) is 22.0 Å². The Kier molecular flexibility index (Phi) is 11.9. The molecule has 2 amide bonds. The number of carbonyl (C=O) groups is 1. The highest BCUT2D eigenvalue weighted by Gasteiger charge is 2.52. The number of benzene rings is 4. The van der Waals surface area contributed by atoms with Crippen LogP contribution in [0.15, 0.2) is 119 Å². The van der Waals surface area contributed by atoms with E-state index < -0.39 is 51.6 Å². The molecular formula is C28H20Cl3F3N3O7P. The smallest absolute Gasteiger partial charge is 0.302 e. The number of nitrogens with zero attached hydrogens (tertiary/aromatic N) is 1. The van der Waals surface area contributed by atoms with Crippen LogP contribution in [0.25, 0.3) is 0 Å². The fourth-order valence-electron chi connectivity index (χ4n) is 4.27. The second-order valence-corrected chi connectivity index (χ2v) is 13.8. The van der Waals surface area contributed by atoms with Crippen LogP contribution in [-0.2, 0) is 6.18 Å². The van der Waals surface area contributed by atoms with Crippen molar-refractivity contribution in [2.24, 2.45) is 0 Å². The van der Waals surface area contributed by atoms with Gasteiger partial charge in [0.25, 0.3) is 5.69 Å². The van der Waals surface area contributed by atoms with Crippen molar-refractivity contribution in [3.05, 3.63) is 135 Å². The molecule has 10 nitrogen and oxygen atoms in total. The minimum absolute atomic E-state index is 0.131. The molecule has 0 radical (unpaired) electrons. The lowest BCUT2D eigenvalue weighted by molar-refractivity contribution is -2.00. The molecule has 0 aromatic heterocycles. The van der Waals surface area contributed by atoms with Crippen molar-refractivity contribution in [1.29, 1.82) is 0 Å². The molecule has 0 atom stereocenters. The summed E-state index contributed by atoms with van der Waals surface area (Å²) in [5, 5.41) is 18.9. The summed E-state index contributed by atoms with van der Waals surface area (Å²) >= 11 is 12.9. The summed E-state index contributed by atoms with van der Waals surface area (Å²) in [4.78, 5) is 23.9. The van der Waals surface area contributed by atoms with Gasteiger partial charge in [-0.15, -0.1) is 10.2 Å². The SMILES string of the molecule is O=C(NC(=C(Cl)Cl)[P+](c1ccccc1)(c1ccccc1)c1ccccc1)Nc1ccc(C(F)(F)F)cc1[N+](=O)[O-].[O-][Cl+3]([O-])([O-])[O-]. The quantitative estimate of drug-likeness (QED) is 0.169. The average Bonchev–Trinajstić information content (AvgIpc) is 2.97. The van der Waals surface area contributed by atoms with Crippen LogP contribution in [0, 0.1) is 20.4 Å². The number of hydrogen-bond donors (Lipinski definition) is 2. The first-order valence-electron chi connectivity index (χ1n) is 12.2. The summed E-state index contributed by atoms with van der Waals surface area (Å²) in [5.41, 5.74) is -2.46. The van der Waals surface area contributed by atoms with Gasteiger partial charge in [0.15, 0.2) is 11.8 Å². The monoisotopic (exact) mass is 703 g/mol. The highest BCUT2D eigenvalue weighted by atomic mass is 35.7. The van der Waals surface area contributed by atoms with E-state index >= 15 is 0 Å². The zero-order valence-electron chi connectivity index (χ0n) is 22.4. The van der Waals surface area contributed by atoms with Crippen molar-refractivity contribution in [2.45, 2.75) is 6.18 Å². The van der Waals surface area contributed by atoms with E-state index in [1.54, 1.807) is 0 Å². The summed E-state index contributed by atoms with van der Waals surface area (Å²) in [6.07, 6.45) is -4.81. The maximum Gasteiger partial charge on any atom is 0.416 e. The molecule has 4 aromatic rings. The normalized spacial score (nSPS) is 11.5. The Morgan fingerprint density at radius 1 is 0.756 bits per heavy atom. The Hall–Kier alpha value is -3.78. The second kappa shape index (κ2) is 15.0. The molecule has 0 aliphatic rings. The lowest BCUT2D eigenvalue weighted by Gasteiger charge is -2.29. The van der Waals surface area contributed by atoms with E-state index in [1.165, 1.54) is 0 Å². The lowest BCUT2D eigenvalue weighted by atomic mass is 10.1. The fourth-order valence-corrected chi connectivity index (χ4v) is 9.18. The van der Waals surface area contributed by atoms with Crippen molar-refractivity contribution >= 4 is 63.8 Å². The van der Waals surface area contributed by atoms with Gasteiger partial charge in [0.1, 0.15) is 21.6 Å². The Balaban J connectivity index is 0.00000102. The van der Waals surface area contributed by atoms with E-state index in [4.69, 9.17) is 41.8 Å². The second-order valence-electron chi connectivity index (χ2n) is 8.73. The number of anilines is 1. The number of nitrogens with one attached hydrogen (secondary N) is 2. The maximum atomic E-state index is 13.3. The molecule has 0 aliphatic heterocycles. The summed E-state index contributed by atoms with van der Waals surface area (Å²) < 4.78 is 73.2. The topological polar surface area (TPSA) is 177 Å². The van der Waals surface area contributed by atoms with Gasteiger partial charge in [-0.05, 0) is 48.5 Å². The molecule has 0 unspecified atom stereocenters. The van der Waals surface area contributed by atoms with Crippen LogP contribution >= 0.6 is 30.5 Å². The predicted octanol–water partition coefficient (Wildman–Crippen LogP) is 2.58. The molecule has 0 fully saturated rings. The molecular weight excluding hydrogens is 685 g/mol. The number of halogens is 6. The van der Waals surface area contributed by atoms with Crippen molar-refractivity contribution in [1.82, 2.24) is 5.32 Å². The van der Waals surface area contributed by atoms with Gasteiger partial charge in [-0.2, -0.15) is 13.2 Å². The summed E-state index contributed by atoms with van der Waals surface area (Å²) in [6, 6.07) is 28.6. The van der Waals surface area contributed by atoms with Gasteiger partial charge in [0.05, 0.1) is 10.5 Å². The van der Waals surface area contributed by atoms with Crippen LogP contribution in [0.4, 0.5) is 29.3 Å². The minimum Gasteiger partial charge on any atom is -0.302 e. The zero-order valence-corrected chi connectivity index (χ0v) is 25.6. The van der Waals surface area contributed by atoms with Gasteiger partial charge in [0.2, 0.25) is 5.44 Å². The number of hydrogen-bond acceptors (Lipinski definition) is 7. The number of nitro groups is 1. The van der Waals surface area contributed by atoms with E-state index in [9.17, 15) is 28.1 Å². The van der Waals surface area contributed by atoms with Gasteiger partial charge in [-0.25, -0.2) is 23.4 Å². The summed E-state index contributed by atoms with van der Waals surface area (Å²) in [5.74, 6) is 0. The predicted molar refractivity (Wildman–Crippen MR) is 154 cm³/mol. The van der Waals surface area contributed by atoms with Crippen LogP contribution in [0.2, 0.25) is 0 Å². The largest absolute Gasteiger partial charge is 0.416 e. The van der Waals surface area contributed by atoms with E-state index in [-0.39, 0.29) is 9.93 Å². The summed E-state index contributed by atoms with van der Waals surface area (Å²) in [7, 11) is -7.92. The third-order valence-electron chi connectivity index (χ3n) is 5.95. The molecule has 236 valence electrons. The van der Waals surface area contributed by atoms with E-state index in [0.29, 0.717) is 12.1 Å². The standard InChI is InChI=1S/C28H19Cl2F3N3O3P.ClHO4/c29-25(30)26(35-27(37)34-23-17-16-19(28(31,32)33)18-24(23)36(38)39)40(20-10-4-1-5-11-20,21-12-6-2-7-13-21)22-14-8-3-9-15-22;2-1(3,4)5/h1-18H,(H-,34,35,37);(H,2,3,4,5). The minimum atomic E-state index is -4.94. The lowest BCUT2D eigenvalue weighted by Crippen LogP contribution is -2.68. The Morgan fingerprint density at radius 2 is 1.16 bits per heavy atom. The molecule has 45 heavy (non-hydrogen) atoms. The molecule has 2 N–H and O–H groups in total. The van der Waals surface area contributed by atoms with Gasteiger partial charge in [-0.1, -0.05) is 77.8 Å². The summed E-state index contributed by atoms with van der Waals surface area (Å²) in [6.45, 7) is 0. The zero-order chi connectivity index (χ0) is 33.4. The first kappa shape index (κ1) is 35.7. The van der Waals surface area contributed by atoms with Gasteiger partial charge in [0, 0.05) is 6.07 Å². The molecule has 0 heterocycles. The van der Waals surface area contributed by atoms with Crippen LogP contribution in [0.1, 0.15) is 5.56 Å². The molecule has 4 rings (SSSR count). The van der Waals surface area contributed by atoms with Crippen LogP contribution in [0.5, 0.6) is 0 Å². The van der Waals surface area contributed by atoms with Crippen LogP contribution < -0.4 is 45.2 Å². The first-order chi connectivity index (χ1) is 21.0. The maximum absolute atomic E-state index is 13.3. The molecule has 0 saturated heterocycles. The third-order valence-corrected chi connectivity index (χ3v) is 10.8. The Bertz CT molecular complexity index is 1560. The molecule has 0 bridgehead atoms. The van der Waals surface area contributed by atoms with Gasteiger partial charge >= 0.3 is 12.2 Å². The van der Waals surface area contributed by atoms with Crippen molar-refractivity contribution in [2.75, 3.05) is 5.32 Å². The fraction of sp³-hybridized carbons (Fsp3) is 0.0357. The molecule has 0 saturated carbocycles. The average molecular weight is 705 g/mol.